The van der Waals surface area contributed by atoms with Gasteiger partial charge >= 0.3 is 0 Å². The van der Waals surface area contributed by atoms with Crippen molar-refractivity contribution in [1.82, 2.24) is 29.6 Å². The average Bonchev–Trinajstić information content (AvgIpc) is 3.40. The van der Waals surface area contributed by atoms with Gasteiger partial charge in [-0.2, -0.15) is 14.3 Å². The molecule has 4 heterocycles. The van der Waals surface area contributed by atoms with Crippen molar-refractivity contribution in [1.29, 1.82) is 0 Å². The van der Waals surface area contributed by atoms with Crippen LogP contribution in [-0.2, 0) is 9.59 Å². The molecule has 3 aromatic heterocycles. The predicted octanol–water partition coefficient (Wildman–Crippen LogP) is 0.965. The highest BCUT2D eigenvalue weighted by molar-refractivity contribution is 5.95. The number of nitrogens with zero attached hydrogens (tertiary/aromatic N) is 6. The molecule has 0 bridgehead atoms. The van der Waals surface area contributed by atoms with Crippen molar-refractivity contribution in [2.24, 2.45) is 5.73 Å². The second-order valence-electron chi connectivity index (χ2n) is 7.55. The van der Waals surface area contributed by atoms with E-state index < -0.39 is 5.91 Å². The molecular formula is C21H20N8O4. The fourth-order valence-corrected chi connectivity index (χ4v) is 4.00. The van der Waals surface area contributed by atoms with Crippen molar-refractivity contribution < 1.29 is 19.1 Å². The van der Waals surface area contributed by atoms with Crippen LogP contribution < -0.4 is 20.5 Å². The molecule has 12 nitrogen and oxygen atoms in total. The van der Waals surface area contributed by atoms with Gasteiger partial charge in [0, 0.05) is 17.9 Å². The maximum atomic E-state index is 12.7. The van der Waals surface area contributed by atoms with Crippen LogP contribution in [0.1, 0.15) is 29.2 Å². The van der Waals surface area contributed by atoms with Crippen LogP contribution in [0.5, 0.6) is 11.5 Å². The normalized spacial score (nSPS) is 15.2. The van der Waals surface area contributed by atoms with Gasteiger partial charge < -0.3 is 20.5 Å². The first-order valence-corrected chi connectivity index (χ1v) is 10.1. The Hall–Kier alpha value is -4.48. The Morgan fingerprint density at radius 1 is 1.24 bits per heavy atom. The lowest BCUT2D eigenvalue weighted by Crippen LogP contribution is -2.25. The van der Waals surface area contributed by atoms with Crippen LogP contribution >= 0.6 is 0 Å². The van der Waals surface area contributed by atoms with Crippen LogP contribution in [-0.4, -0.2) is 55.1 Å². The van der Waals surface area contributed by atoms with Crippen molar-refractivity contribution in [3.63, 3.8) is 0 Å². The van der Waals surface area contributed by atoms with Gasteiger partial charge in [-0.1, -0.05) is 6.07 Å². The third kappa shape index (κ3) is 3.60. The molecule has 4 aromatic rings. The molecule has 0 radical (unpaired) electrons. The molecule has 2 amide bonds. The van der Waals surface area contributed by atoms with E-state index in [1.807, 2.05) is 13.0 Å². The Labute approximate surface area is 187 Å². The van der Waals surface area contributed by atoms with Gasteiger partial charge in [0.15, 0.2) is 29.6 Å². The molecule has 0 spiro atoms. The lowest BCUT2D eigenvalue weighted by atomic mass is 9.85. The molecular weight excluding hydrogens is 428 g/mol. The highest BCUT2D eigenvalue weighted by atomic mass is 16.5. The third-order valence-electron chi connectivity index (χ3n) is 5.43. The van der Waals surface area contributed by atoms with Crippen LogP contribution in [0, 0.1) is 6.92 Å². The van der Waals surface area contributed by atoms with E-state index in [4.69, 9.17) is 15.2 Å². The summed E-state index contributed by atoms with van der Waals surface area (Å²) < 4.78 is 14.0. The minimum atomic E-state index is -0.587. The summed E-state index contributed by atoms with van der Waals surface area (Å²) in [5.41, 5.74) is 8.25. The summed E-state index contributed by atoms with van der Waals surface area (Å²) in [4.78, 5) is 23.7. The van der Waals surface area contributed by atoms with Gasteiger partial charge in [0.05, 0.1) is 12.8 Å². The van der Waals surface area contributed by atoms with E-state index in [1.54, 1.807) is 28.9 Å². The number of anilines is 1. The Kier molecular flexibility index (Phi) is 4.89. The second-order valence-corrected chi connectivity index (χ2v) is 7.55. The number of ether oxygens (including phenoxy) is 2. The largest absolute Gasteiger partial charge is 0.493 e. The maximum Gasteiger partial charge on any atom is 0.255 e. The van der Waals surface area contributed by atoms with Crippen LogP contribution in [0.2, 0.25) is 0 Å². The van der Waals surface area contributed by atoms with Gasteiger partial charge in [-0.3, -0.25) is 9.59 Å². The number of methoxy groups -OCH3 is 1. The minimum absolute atomic E-state index is 0.146. The number of primary amides is 1. The van der Waals surface area contributed by atoms with E-state index in [0.717, 1.165) is 16.8 Å². The molecule has 0 saturated carbocycles. The van der Waals surface area contributed by atoms with Gasteiger partial charge in [-0.25, -0.2) is 0 Å². The number of benzene rings is 1. The van der Waals surface area contributed by atoms with E-state index in [0.29, 0.717) is 28.8 Å². The van der Waals surface area contributed by atoms with Gasteiger partial charge in [-0.15, -0.1) is 15.3 Å². The zero-order valence-corrected chi connectivity index (χ0v) is 17.8. The molecule has 12 heteroatoms. The van der Waals surface area contributed by atoms with Crippen molar-refractivity contribution in [3.8, 4) is 17.3 Å². The van der Waals surface area contributed by atoms with E-state index in [-0.39, 0.29) is 24.9 Å². The third-order valence-corrected chi connectivity index (χ3v) is 5.43. The summed E-state index contributed by atoms with van der Waals surface area (Å²) in [5, 5.41) is 19.9. The summed E-state index contributed by atoms with van der Waals surface area (Å²) in [7, 11) is 1.51. The molecule has 1 aromatic carbocycles. The van der Waals surface area contributed by atoms with Crippen molar-refractivity contribution >= 4 is 23.3 Å². The van der Waals surface area contributed by atoms with Crippen LogP contribution in [0.3, 0.4) is 0 Å². The first-order valence-electron chi connectivity index (χ1n) is 10.1. The molecule has 168 valence electrons. The van der Waals surface area contributed by atoms with Gasteiger partial charge in [-0.05, 0) is 36.8 Å². The lowest BCUT2D eigenvalue weighted by Gasteiger charge is -2.25. The van der Waals surface area contributed by atoms with Crippen molar-refractivity contribution in [2.45, 2.75) is 19.3 Å². The highest BCUT2D eigenvalue weighted by Gasteiger charge is 2.33. The maximum absolute atomic E-state index is 12.7. The number of aromatic nitrogens is 6. The average molecular weight is 448 g/mol. The number of amides is 2. The Bertz CT molecular complexity index is 1390. The van der Waals surface area contributed by atoms with E-state index in [1.165, 1.54) is 18.0 Å². The topological polar surface area (TPSA) is 152 Å². The number of hydrogen-bond donors (Lipinski definition) is 2. The first kappa shape index (κ1) is 20.4. The number of nitrogens with one attached hydrogen (secondary N) is 1. The monoisotopic (exact) mass is 448 g/mol. The van der Waals surface area contributed by atoms with E-state index in [9.17, 15) is 9.59 Å². The molecule has 0 unspecified atom stereocenters. The SMILES string of the molecule is COc1cc([C@@H]2CC(=O)Nc3c2c(C)nn3-c2ccc3nncn3n2)ccc1OCC(N)=O. The minimum Gasteiger partial charge on any atom is -0.493 e. The second kappa shape index (κ2) is 7.89. The quantitative estimate of drug-likeness (QED) is 0.443. The van der Waals surface area contributed by atoms with Crippen LogP contribution in [0.4, 0.5) is 5.82 Å². The zero-order chi connectivity index (χ0) is 23.1. The standard InChI is InChI=1S/C21H20N8O4/c1-11-20-13(12-3-4-14(15(7-12)32-2)33-9-16(22)30)8-19(31)24-21(20)29(26-11)18-6-5-17-25-23-10-28(17)27-18/h3-7,10,13H,8-9H2,1-2H3,(H2,22,30)(H,24,31)/t13-/m0/s1. The van der Waals surface area contributed by atoms with Crippen LogP contribution in [0.15, 0.2) is 36.7 Å². The molecule has 33 heavy (non-hydrogen) atoms. The molecule has 1 aliphatic rings. The molecule has 3 N–H and O–H groups in total. The van der Waals surface area contributed by atoms with E-state index >= 15 is 0 Å². The van der Waals surface area contributed by atoms with Crippen LogP contribution in [0.25, 0.3) is 11.5 Å². The molecule has 1 aliphatic heterocycles. The lowest BCUT2D eigenvalue weighted by molar-refractivity contribution is -0.120. The number of nitrogens with two attached hydrogens (primary N) is 1. The van der Waals surface area contributed by atoms with E-state index in [2.05, 4.69) is 25.7 Å². The molecule has 0 fully saturated rings. The summed E-state index contributed by atoms with van der Waals surface area (Å²) in [6.07, 6.45) is 1.74. The number of carbonyl (C=O) groups excluding carboxylic acids is 2. The summed E-state index contributed by atoms with van der Waals surface area (Å²) in [5.74, 6) is 0.899. The number of carbonyl (C=O) groups is 2. The van der Waals surface area contributed by atoms with Crippen molar-refractivity contribution in [3.05, 3.63) is 53.5 Å². The van der Waals surface area contributed by atoms with Gasteiger partial charge in [0.25, 0.3) is 5.91 Å². The molecule has 1 atom stereocenters. The molecule has 0 aliphatic carbocycles. The summed E-state index contributed by atoms with van der Waals surface area (Å²) in [6.45, 7) is 1.63. The van der Waals surface area contributed by atoms with Gasteiger partial charge in [0.1, 0.15) is 12.1 Å². The number of aryl methyl sites for hydroxylation is 1. The number of fused-ring (bicyclic) bond motifs is 2. The fraction of sp³-hybridized carbons (Fsp3) is 0.238. The molecule has 0 saturated heterocycles. The summed E-state index contributed by atoms with van der Waals surface area (Å²) >= 11 is 0. The summed E-state index contributed by atoms with van der Waals surface area (Å²) in [6, 6.07) is 8.87. The molecule has 5 rings (SSSR count). The Balaban J connectivity index is 1.57. The smallest absolute Gasteiger partial charge is 0.255 e. The number of rotatable bonds is 6. The fourth-order valence-electron chi connectivity index (χ4n) is 4.00. The number of hydrogen-bond acceptors (Lipinski definition) is 8. The Morgan fingerprint density at radius 3 is 2.88 bits per heavy atom. The zero-order valence-electron chi connectivity index (χ0n) is 17.8. The van der Waals surface area contributed by atoms with Crippen molar-refractivity contribution in [2.75, 3.05) is 19.0 Å². The first-order chi connectivity index (χ1) is 15.9. The highest BCUT2D eigenvalue weighted by Crippen LogP contribution is 2.42. The Morgan fingerprint density at radius 2 is 2.09 bits per heavy atom. The van der Waals surface area contributed by atoms with Gasteiger partial charge in [0.2, 0.25) is 5.91 Å². The predicted molar refractivity (Wildman–Crippen MR) is 115 cm³/mol.